The van der Waals surface area contributed by atoms with Crippen molar-refractivity contribution in [1.29, 1.82) is 0 Å². The van der Waals surface area contributed by atoms with Gasteiger partial charge in [-0.25, -0.2) is 0 Å². The van der Waals surface area contributed by atoms with Crippen LogP contribution < -0.4 is 5.32 Å². The van der Waals surface area contributed by atoms with Crippen molar-refractivity contribution in [1.82, 2.24) is 10.2 Å². The molecular weight excluding hydrogens is 252 g/mol. The fourth-order valence-corrected chi connectivity index (χ4v) is 2.28. The number of hydrogen-bond acceptors (Lipinski definition) is 3. The Bertz CT molecular complexity index is 418. The first-order valence-electron chi connectivity index (χ1n) is 7.21. The number of nitrogens with zero attached hydrogens (tertiary/aromatic N) is 1. The fraction of sp³-hybridized carbons (Fsp3) is 0.562. The normalized spacial score (nSPS) is 16.1. The van der Waals surface area contributed by atoms with Crippen molar-refractivity contribution in [2.45, 2.75) is 31.3 Å². The molecule has 0 saturated heterocycles. The van der Waals surface area contributed by atoms with Gasteiger partial charge < -0.3 is 10.1 Å². The van der Waals surface area contributed by atoms with Crippen LogP contribution in [0.25, 0.3) is 0 Å². The molecule has 1 aliphatic rings. The molecule has 1 saturated carbocycles. The van der Waals surface area contributed by atoms with Gasteiger partial charge in [-0.2, -0.15) is 0 Å². The van der Waals surface area contributed by atoms with Gasteiger partial charge in [0.2, 0.25) is 5.91 Å². The van der Waals surface area contributed by atoms with Crippen molar-refractivity contribution in [3.8, 4) is 0 Å². The molecule has 0 spiro atoms. The van der Waals surface area contributed by atoms with E-state index < -0.39 is 0 Å². The number of amides is 1. The minimum atomic E-state index is 0.115. The van der Waals surface area contributed by atoms with Crippen LogP contribution in [0, 0.1) is 0 Å². The summed E-state index contributed by atoms with van der Waals surface area (Å²) in [5.74, 6) is 0.115. The van der Waals surface area contributed by atoms with Crippen LogP contribution in [0.3, 0.4) is 0 Å². The molecule has 0 aliphatic heterocycles. The Morgan fingerprint density at radius 2 is 2.10 bits per heavy atom. The molecule has 0 unspecified atom stereocenters. The summed E-state index contributed by atoms with van der Waals surface area (Å²) in [6.45, 7) is 1.06. The third-order valence-electron chi connectivity index (χ3n) is 3.63. The van der Waals surface area contributed by atoms with Gasteiger partial charge in [-0.05, 0) is 31.9 Å². The average molecular weight is 276 g/mol. The molecule has 4 nitrogen and oxygen atoms in total. The molecule has 0 heterocycles. The Morgan fingerprint density at radius 3 is 2.70 bits per heavy atom. The summed E-state index contributed by atoms with van der Waals surface area (Å²) in [6.07, 6.45) is 3.14. The Morgan fingerprint density at radius 1 is 1.40 bits per heavy atom. The molecule has 1 amide bonds. The summed E-state index contributed by atoms with van der Waals surface area (Å²) < 4.78 is 5.30. The molecule has 1 aliphatic carbocycles. The molecule has 0 radical (unpaired) electrons. The zero-order valence-electron chi connectivity index (χ0n) is 12.3. The molecule has 1 N–H and O–H groups in total. The van der Waals surface area contributed by atoms with Crippen molar-refractivity contribution in [2.24, 2.45) is 0 Å². The zero-order valence-corrected chi connectivity index (χ0v) is 12.3. The minimum Gasteiger partial charge on any atom is -0.383 e. The van der Waals surface area contributed by atoms with E-state index in [1.54, 1.807) is 7.11 Å². The van der Waals surface area contributed by atoms with Gasteiger partial charge in [-0.1, -0.05) is 30.3 Å². The maximum Gasteiger partial charge on any atom is 0.234 e. The lowest BCUT2D eigenvalue weighted by Gasteiger charge is -2.27. The van der Waals surface area contributed by atoms with E-state index in [4.69, 9.17) is 4.74 Å². The molecule has 2 rings (SSSR count). The number of ether oxygens (including phenoxy) is 1. The van der Waals surface area contributed by atoms with Crippen LogP contribution in [0.5, 0.6) is 0 Å². The summed E-state index contributed by atoms with van der Waals surface area (Å²) >= 11 is 0. The number of hydrogen-bond donors (Lipinski definition) is 1. The average Bonchev–Trinajstić information content (AvgIpc) is 3.23. The lowest BCUT2D eigenvalue weighted by molar-refractivity contribution is -0.122. The third-order valence-corrected chi connectivity index (χ3v) is 3.63. The topological polar surface area (TPSA) is 41.6 Å². The van der Waals surface area contributed by atoms with E-state index in [1.807, 2.05) is 25.2 Å². The Balaban J connectivity index is 1.87. The molecule has 20 heavy (non-hydrogen) atoms. The van der Waals surface area contributed by atoms with Crippen LogP contribution in [-0.2, 0) is 16.0 Å². The smallest absolute Gasteiger partial charge is 0.234 e. The molecule has 1 fully saturated rings. The van der Waals surface area contributed by atoms with Crippen LogP contribution in [0.2, 0.25) is 0 Å². The monoisotopic (exact) mass is 276 g/mol. The highest BCUT2D eigenvalue weighted by Crippen LogP contribution is 2.18. The van der Waals surface area contributed by atoms with E-state index >= 15 is 0 Å². The second-order valence-corrected chi connectivity index (χ2v) is 5.56. The maximum atomic E-state index is 11.9. The van der Waals surface area contributed by atoms with E-state index in [0.717, 1.165) is 19.3 Å². The van der Waals surface area contributed by atoms with E-state index in [0.29, 0.717) is 19.2 Å². The first-order valence-corrected chi connectivity index (χ1v) is 7.21. The van der Waals surface area contributed by atoms with Gasteiger partial charge in [-0.15, -0.1) is 0 Å². The lowest BCUT2D eigenvalue weighted by Crippen LogP contribution is -2.44. The van der Waals surface area contributed by atoms with Crippen molar-refractivity contribution < 1.29 is 9.53 Å². The second-order valence-electron chi connectivity index (χ2n) is 5.56. The van der Waals surface area contributed by atoms with Crippen molar-refractivity contribution in [3.05, 3.63) is 35.9 Å². The molecule has 0 aromatic heterocycles. The van der Waals surface area contributed by atoms with E-state index in [2.05, 4.69) is 22.3 Å². The predicted molar refractivity (Wildman–Crippen MR) is 79.6 cm³/mol. The highest BCUT2D eigenvalue weighted by molar-refractivity contribution is 5.78. The van der Waals surface area contributed by atoms with Crippen molar-refractivity contribution in [2.75, 3.05) is 27.3 Å². The number of methoxy groups -OCH3 is 1. The summed E-state index contributed by atoms with van der Waals surface area (Å²) in [5, 5.41) is 3.02. The van der Waals surface area contributed by atoms with Crippen molar-refractivity contribution >= 4 is 5.91 Å². The van der Waals surface area contributed by atoms with Gasteiger partial charge in [0, 0.05) is 19.2 Å². The van der Waals surface area contributed by atoms with E-state index in [1.165, 1.54) is 5.56 Å². The molecule has 110 valence electrons. The maximum absolute atomic E-state index is 11.9. The minimum absolute atomic E-state index is 0.115. The predicted octanol–water partition coefficient (Wildman–Crippen LogP) is 1.45. The number of carbonyl (C=O) groups is 1. The van der Waals surface area contributed by atoms with Crippen LogP contribution in [0.15, 0.2) is 30.3 Å². The largest absolute Gasteiger partial charge is 0.383 e. The SMILES string of the molecule is COC[C@@H](Cc1ccccc1)N(C)CC(=O)NC1CC1. The summed E-state index contributed by atoms with van der Waals surface area (Å²) in [4.78, 5) is 13.9. The van der Waals surface area contributed by atoms with Gasteiger partial charge in [0.05, 0.1) is 13.2 Å². The Hall–Kier alpha value is -1.39. The highest BCUT2D eigenvalue weighted by Gasteiger charge is 2.25. The van der Waals surface area contributed by atoms with Gasteiger partial charge in [-0.3, -0.25) is 9.69 Å². The summed E-state index contributed by atoms with van der Waals surface area (Å²) in [6, 6.07) is 11.0. The van der Waals surface area contributed by atoms with Crippen molar-refractivity contribution in [3.63, 3.8) is 0 Å². The van der Waals surface area contributed by atoms with Crippen LogP contribution >= 0.6 is 0 Å². The molecule has 1 atom stereocenters. The van der Waals surface area contributed by atoms with Gasteiger partial charge in [0.15, 0.2) is 0 Å². The molecule has 1 aromatic carbocycles. The van der Waals surface area contributed by atoms with E-state index in [-0.39, 0.29) is 11.9 Å². The molecule has 0 bridgehead atoms. The van der Waals surface area contributed by atoms with Crippen LogP contribution in [-0.4, -0.2) is 50.2 Å². The third kappa shape index (κ3) is 4.94. The number of rotatable bonds is 8. The van der Waals surface area contributed by atoms with E-state index in [9.17, 15) is 4.79 Å². The summed E-state index contributed by atoms with van der Waals surface area (Å²) in [7, 11) is 3.69. The zero-order chi connectivity index (χ0) is 14.4. The number of nitrogens with one attached hydrogen (secondary N) is 1. The number of carbonyl (C=O) groups excluding carboxylic acids is 1. The lowest BCUT2D eigenvalue weighted by atomic mass is 10.1. The standard InChI is InChI=1S/C16H24N2O2/c1-18(11-16(19)17-14-8-9-14)15(12-20-2)10-13-6-4-3-5-7-13/h3-7,14-15H,8-12H2,1-2H3,(H,17,19)/t15-/m1/s1. The first-order chi connectivity index (χ1) is 9.69. The molecule has 1 aromatic rings. The first kappa shape index (κ1) is 15.0. The second kappa shape index (κ2) is 7.41. The van der Waals surface area contributed by atoms with Gasteiger partial charge >= 0.3 is 0 Å². The number of likely N-dealkylation sites (N-methyl/N-ethyl adjacent to an activating group) is 1. The van der Waals surface area contributed by atoms with Crippen LogP contribution in [0.4, 0.5) is 0 Å². The number of benzene rings is 1. The Labute approximate surface area is 121 Å². The highest BCUT2D eigenvalue weighted by atomic mass is 16.5. The van der Waals surface area contributed by atoms with Gasteiger partial charge in [0.1, 0.15) is 0 Å². The molecular formula is C16H24N2O2. The van der Waals surface area contributed by atoms with Gasteiger partial charge in [0.25, 0.3) is 0 Å². The molecule has 4 heteroatoms. The summed E-state index contributed by atoms with van der Waals surface area (Å²) in [5.41, 5.74) is 1.27. The fourth-order valence-electron chi connectivity index (χ4n) is 2.28. The quantitative estimate of drug-likeness (QED) is 0.781. The van der Waals surface area contributed by atoms with Crippen LogP contribution in [0.1, 0.15) is 18.4 Å². The Kier molecular flexibility index (Phi) is 5.56.